The second-order valence-corrected chi connectivity index (χ2v) is 9.65. The zero-order chi connectivity index (χ0) is 22.5. The van der Waals surface area contributed by atoms with Crippen LogP contribution < -0.4 is 9.62 Å². The van der Waals surface area contributed by atoms with E-state index in [0.717, 1.165) is 22.2 Å². The van der Waals surface area contributed by atoms with Gasteiger partial charge in [-0.25, -0.2) is 8.42 Å². The molecule has 0 saturated carbocycles. The first-order valence-corrected chi connectivity index (χ1v) is 11.4. The van der Waals surface area contributed by atoms with Crippen molar-refractivity contribution in [3.63, 3.8) is 0 Å². The van der Waals surface area contributed by atoms with E-state index < -0.39 is 32.4 Å². The monoisotopic (exact) mass is 433 g/mol. The molecular weight excluding hydrogens is 406 g/mol. The number of nitrogens with one attached hydrogen (secondary N) is 1. The lowest BCUT2D eigenvalue weighted by Crippen LogP contribution is -2.55. The van der Waals surface area contributed by atoms with Crippen molar-refractivity contribution in [1.29, 1.82) is 0 Å². The quantitative estimate of drug-likeness (QED) is 0.482. The predicted octanol–water partition coefficient (Wildman–Crippen LogP) is 3.28. The van der Waals surface area contributed by atoms with Crippen molar-refractivity contribution in [3.05, 3.63) is 70.3 Å². The lowest BCUT2D eigenvalue weighted by Gasteiger charge is -2.34. The fourth-order valence-corrected chi connectivity index (χ4v) is 4.57. The van der Waals surface area contributed by atoms with Crippen LogP contribution in [0.15, 0.2) is 54.6 Å². The van der Waals surface area contributed by atoms with Crippen molar-refractivity contribution in [2.45, 2.75) is 45.2 Å². The van der Waals surface area contributed by atoms with Gasteiger partial charge in [-0.05, 0) is 38.3 Å². The highest BCUT2D eigenvalue weighted by Crippen LogP contribution is 2.27. The number of carbonyl (C=O) groups excluding carboxylic acids is 1. The summed E-state index contributed by atoms with van der Waals surface area (Å²) in [6, 6.07) is 13.9. The lowest BCUT2D eigenvalue weighted by molar-refractivity contribution is -0.384. The van der Waals surface area contributed by atoms with E-state index in [1.54, 1.807) is 6.92 Å². The molecule has 0 heterocycles. The van der Waals surface area contributed by atoms with Gasteiger partial charge in [-0.1, -0.05) is 43.3 Å². The Bertz CT molecular complexity index is 1010. The van der Waals surface area contributed by atoms with Gasteiger partial charge in [0.25, 0.3) is 5.69 Å². The number of non-ortho nitro benzene ring substituents is 1. The molecule has 1 atom stereocenters. The number of benzene rings is 2. The van der Waals surface area contributed by atoms with Gasteiger partial charge in [0.15, 0.2) is 0 Å². The molecule has 2 aromatic carbocycles. The molecule has 0 fully saturated rings. The summed E-state index contributed by atoms with van der Waals surface area (Å²) in [7, 11) is -3.88. The van der Waals surface area contributed by atoms with Crippen LogP contribution in [-0.4, -0.2) is 37.1 Å². The lowest BCUT2D eigenvalue weighted by atomic mass is 9.94. The van der Waals surface area contributed by atoms with Gasteiger partial charge in [-0.2, -0.15) is 0 Å². The van der Waals surface area contributed by atoms with Crippen molar-refractivity contribution in [1.82, 2.24) is 5.32 Å². The van der Waals surface area contributed by atoms with E-state index >= 15 is 0 Å². The van der Waals surface area contributed by atoms with E-state index in [1.807, 2.05) is 44.2 Å². The average molecular weight is 434 g/mol. The molecule has 162 valence electrons. The molecule has 1 amide bonds. The van der Waals surface area contributed by atoms with Crippen LogP contribution in [0.25, 0.3) is 0 Å². The summed E-state index contributed by atoms with van der Waals surface area (Å²) in [6.07, 6.45) is 1.74. The maximum atomic E-state index is 13.1. The highest BCUT2D eigenvalue weighted by atomic mass is 32.2. The first kappa shape index (κ1) is 23.3. The molecule has 0 bridgehead atoms. The standard InChI is InChI=1S/C21H27N3O5S/c1-5-19(20(25)22-21(2,3)15-16-10-7-6-8-11-16)23(30(4,28)29)17-12-9-13-18(14-17)24(26)27/h6-14,19H,5,15H2,1-4H3,(H,22,25)/t19-/m0/s1. The maximum Gasteiger partial charge on any atom is 0.271 e. The zero-order valence-corrected chi connectivity index (χ0v) is 18.3. The van der Waals surface area contributed by atoms with Crippen LogP contribution in [0.2, 0.25) is 0 Å². The molecule has 2 aromatic rings. The molecule has 0 saturated heterocycles. The van der Waals surface area contributed by atoms with Gasteiger partial charge >= 0.3 is 0 Å². The molecular formula is C21H27N3O5S. The topological polar surface area (TPSA) is 110 Å². The van der Waals surface area contributed by atoms with Gasteiger partial charge in [0.05, 0.1) is 16.9 Å². The third kappa shape index (κ3) is 6.03. The van der Waals surface area contributed by atoms with Gasteiger partial charge in [-0.3, -0.25) is 19.2 Å². The molecule has 0 unspecified atom stereocenters. The molecule has 8 nitrogen and oxygen atoms in total. The van der Waals surface area contributed by atoms with Crippen molar-refractivity contribution in [2.75, 3.05) is 10.6 Å². The van der Waals surface area contributed by atoms with Crippen LogP contribution in [0.1, 0.15) is 32.8 Å². The largest absolute Gasteiger partial charge is 0.349 e. The number of hydrogen-bond acceptors (Lipinski definition) is 5. The molecule has 2 rings (SSSR count). The average Bonchev–Trinajstić information content (AvgIpc) is 2.64. The van der Waals surface area contributed by atoms with E-state index in [-0.39, 0.29) is 17.8 Å². The van der Waals surface area contributed by atoms with Gasteiger partial charge in [0.2, 0.25) is 15.9 Å². The van der Waals surface area contributed by atoms with Gasteiger partial charge in [0.1, 0.15) is 6.04 Å². The van der Waals surface area contributed by atoms with Gasteiger partial charge in [0, 0.05) is 17.7 Å². The minimum Gasteiger partial charge on any atom is -0.349 e. The Morgan fingerprint density at radius 3 is 2.33 bits per heavy atom. The molecule has 0 aliphatic carbocycles. The maximum absolute atomic E-state index is 13.1. The van der Waals surface area contributed by atoms with Crippen LogP contribution in [0, 0.1) is 10.1 Å². The Kier molecular flexibility index (Phi) is 7.20. The van der Waals surface area contributed by atoms with Gasteiger partial charge < -0.3 is 5.32 Å². The summed E-state index contributed by atoms with van der Waals surface area (Å²) in [4.78, 5) is 23.6. The van der Waals surface area contributed by atoms with Crippen LogP contribution in [0.3, 0.4) is 0 Å². The van der Waals surface area contributed by atoms with Crippen LogP contribution in [-0.2, 0) is 21.2 Å². The molecule has 0 aliphatic rings. The number of carbonyl (C=O) groups is 1. The Balaban J connectivity index is 2.34. The summed E-state index contributed by atoms with van der Waals surface area (Å²) in [5.41, 5.74) is 0.238. The summed E-state index contributed by atoms with van der Waals surface area (Å²) >= 11 is 0. The number of nitro benzene ring substituents is 1. The first-order chi connectivity index (χ1) is 13.9. The Hall–Kier alpha value is -2.94. The van der Waals surface area contributed by atoms with Gasteiger partial charge in [-0.15, -0.1) is 0 Å². The van der Waals surface area contributed by atoms with Crippen LogP contribution in [0.5, 0.6) is 0 Å². The number of nitro groups is 1. The Morgan fingerprint density at radius 1 is 1.17 bits per heavy atom. The molecule has 30 heavy (non-hydrogen) atoms. The van der Waals surface area contributed by atoms with E-state index in [1.165, 1.54) is 18.2 Å². The number of sulfonamides is 1. The normalized spacial score (nSPS) is 12.8. The minimum atomic E-state index is -3.88. The first-order valence-electron chi connectivity index (χ1n) is 9.54. The molecule has 1 N–H and O–H groups in total. The smallest absolute Gasteiger partial charge is 0.271 e. The van der Waals surface area contributed by atoms with E-state index in [2.05, 4.69) is 5.32 Å². The van der Waals surface area contributed by atoms with Crippen LogP contribution >= 0.6 is 0 Å². The van der Waals surface area contributed by atoms with Crippen molar-refractivity contribution in [3.8, 4) is 0 Å². The summed E-state index contributed by atoms with van der Waals surface area (Å²) in [6.45, 7) is 5.43. The van der Waals surface area contributed by atoms with Crippen LogP contribution in [0.4, 0.5) is 11.4 Å². The SMILES string of the molecule is CC[C@@H](C(=O)NC(C)(C)Cc1ccccc1)N(c1cccc([N+](=O)[O-])c1)S(C)(=O)=O. The third-order valence-electron chi connectivity index (χ3n) is 4.58. The number of rotatable bonds is 9. The minimum absolute atomic E-state index is 0.0783. The Morgan fingerprint density at radius 2 is 1.80 bits per heavy atom. The van der Waals surface area contributed by atoms with E-state index in [4.69, 9.17) is 0 Å². The highest BCUT2D eigenvalue weighted by Gasteiger charge is 2.34. The van der Waals surface area contributed by atoms with Crippen molar-refractivity contribution in [2.24, 2.45) is 0 Å². The highest BCUT2D eigenvalue weighted by molar-refractivity contribution is 7.92. The fourth-order valence-electron chi connectivity index (χ4n) is 3.37. The molecule has 0 radical (unpaired) electrons. The van der Waals surface area contributed by atoms with Crippen molar-refractivity contribution >= 4 is 27.3 Å². The summed E-state index contributed by atoms with van der Waals surface area (Å²) in [5.74, 6) is -0.463. The number of amides is 1. The number of anilines is 1. The molecule has 0 spiro atoms. The Labute approximate surface area is 177 Å². The number of nitrogens with zero attached hydrogens (tertiary/aromatic N) is 2. The molecule has 0 aromatic heterocycles. The second-order valence-electron chi connectivity index (χ2n) is 7.80. The predicted molar refractivity (Wildman–Crippen MR) is 117 cm³/mol. The summed E-state index contributed by atoms with van der Waals surface area (Å²) in [5, 5.41) is 14.1. The number of hydrogen-bond donors (Lipinski definition) is 1. The summed E-state index contributed by atoms with van der Waals surface area (Å²) < 4.78 is 26.1. The second kappa shape index (κ2) is 9.25. The van der Waals surface area contributed by atoms with E-state index in [9.17, 15) is 23.3 Å². The third-order valence-corrected chi connectivity index (χ3v) is 5.76. The molecule has 9 heteroatoms. The van der Waals surface area contributed by atoms with E-state index in [0.29, 0.717) is 6.42 Å². The van der Waals surface area contributed by atoms with Crippen molar-refractivity contribution < 1.29 is 18.1 Å². The molecule has 0 aliphatic heterocycles. The fraction of sp³-hybridized carbons (Fsp3) is 0.381. The zero-order valence-electron chi connectivity index (χ0n) is 17.5.